The molecule has 0 spiro atoms. The standard InChI is InChI=1S/C16H22N4/c1-12-6-7-14(9-17-12)11-20-8-4-5-15(20)16-18-13(2)10-19(16)3/h6-7,9-10,15H,4-5,8,11H2,1-3H3/t15-/m1/s1. The molecule has 3 heterocycles. The van der Waals surface area contributed by atoms with Gasteiger partial charge in [-0.15, -0.1) is 0 Å². The van der Waals surface area contributed by atoms with Crippen molar-refractivity contribution in [3.63, 3.8) is 0 Å². The lowest BCUT2D eigenvalue weighted by molar-refractivity contribution is 0.236. The van der Waals surface area contributed by atoms with Crippen LogP contribution in [0.4, 0.5) is 0 Å². The molecule has 1 saturated heterocycles. The number of aryl methyl sites for hydroxylation is 3. The molecule has 1 aliphatic heterocycles. The third kappa shape index (κ3) is 2.61. The van der Waals surface area contributed by atoms with Gasteiger partial charge in [0.25, 0.3) is 0 Å². The predicted molar refractivity (Wildman–Crippen MR) is 79.3 cm³/mol. The lowest BCUT2D eigenvalue weighted by Crippen LogP contribution is -2.24. The van der Waals surface area contributed by atoms with Crippen molar-refractivity contribution in [3.8, 4) is 0 Å². The molecule has 1 atom stereocenters. The molecule has 3 rings (SSSR count). The van der Waals surface area contributed by atoms with Crippen LogP contribution in [0, 0.1) is 13.8 Å². The van der Waals surface area contributed by atoms with Gasteiger partial charge >= 0.3 is 0 Å². The predicted octanol–water partition coefficient (Wildman–Crippen LogP) is 2.77. The fourth-order valence-corrected chi connectivity index (χ4v) is 3.08. The molecule has 1 fully saturated rings. The maximum absolute atomic E-state index is 4.70. The molecule has 2 aromatic rings. The monoisotopic (exact) mass is 270 g/mol. The topological polar surface area (TPSA) is 34.0 Å². The highest BCUT2D eigenvalue weighted by Gasteiger charge is 2.29. The molecular formula is C16H22N4. The van der Waals surface area contributed by atoms with Crippen molar-refractivity contribution >= 4 is 0 Å². The van der Waals surface area contributed by atoms with Crippen molar-refractivity contribution in [2.45, 2.75) is 39.3 Å². The highest BCUT2D eigenvalue weighted by molar-refractivity contribution is 5.14. The highest BCUT2D eigenvalue weighted by Crippen LogP contribution is 2.32. The van der Waals surface area contributed by atoms with E-state index in [2.05, 4.69) is 46.8 Å². The van der Waals surface area contributed by atoms with Crippen molar-refractivity contribution < 1.29 is 0 Å². The summed E-state index contributed by atoms with van der Waals surface area (Å²) in [5, 5.41) is 0. The smallest absolute Gasteiger partial charge is 0.126 e. The van der Waals surface area contributed by atoms with E-state index in [-0.39, 0.29) is 0 Å². The quantitative estimate of drug-likeness (QED) is 0.860. The van der Waals surface area contributed by atoms with Crippen molar-refractivity contribution in [2.24, 2.45) is 7.05 Å². The molecule has 0 unspecified atom stereocenters. The van der Waals surface area contributed by atoms with Crippen LogP contribution in [0.25, 0.3) is 0 Å². The Labute approximate surface area is 120 Å². The fraction of sp³-hybridized carbons (Fsp3) is 0.500. The number of hydrogen-bond acceptors (Lipinski definition) is 3. The number of hydrogen-bond donors (Lipinski definition) is 0. The largest absolute Gasteiger partial charge is 0.336 e. The molecule has 0 aromatic carbocycles. The number of pyridine rings is 1. The SMILES string of the molecule is Cc1ccc(CN2CCC[C@@H]2c2nc(C)cn2C)cn1. The third-order valence-electron chi connectivity index (χ3n) is 4.05. The minimum absolute atomic E-state index is 0.440. The fourth-order valence-electron chi connectivity index (χ4n) is 3.08. The van der Waals surface area contributed by atoms with Gasteiger partial charge < -0.3 is 4.57 Å². The minimum atomic E-state index is 0.440. The molecule has 4 nitrogen and oxygen atoms in total. The first-order valence-electron chi connectivity index (χ1n) is 7.29. The Kier molecular flexibility index (Phi) is 3.57. The summed E-state index contributed by atoms with van der Waals surface area (Å²) in [6.45, 7) is 6.19. The number of imidazole rings is 1. The van der Waals surface area contributed by atoms with Gasteiger partial charge in [-0.1, -0.05) is 6.07 Å². The molecule has 0 amide bonds. The van der Waals surface area contributed by atoms with Gasteiger partial charge in [0, 0.05) is 31.7 Å². The van der Waals surface area contributed by atoms with E-state index >= 15 is 0 Å². The summed E-state index contributed by atoms with van der Waals surface area (Å²) < 4.78 is 2.17. The van der Waals surface area contributed by atoms with E-state index in [1.165, 1.54) is 24.2 Å². The van der Waals surface area contributed by atoms with Crippen LogP contribution in [-0.4, -0.2) is 26.0 Å². The molecule has 106 valence electrons. The highest BCUT2D eigenvalue weighted by atomic mass is 15.2. The normalized spacial score (nSPS) is 19.6. The van der Waals surface area contributed by atoms with E-state index in [9.17, 15) is 0 Å². The summed E-state index contributed by atoms with van der Waals surface area (Å²) in [7, 11) is 2.10. The lowest BCUT2D eigenvalue weighted by atomic mass is 10.2. The van der Waals surface area contributed by atoms with Gasteiger partial charge in [0.15, 0.2) is 0 Å². The van der Waals surface area contributed by atoms with E-state index < -0.39 is 0 Å². The zero-order valence-electron chi connectivity index (χ0n) is 12.5. The first kappa shape index (κ1) is 13.3. The van der Waals surface area contributed by atoms with Crippen LogP contribution in [-0.2, 0) is 13.6 Å². The van der Waals surface area contributed by atoms with Crippen LogP contribution in [0.15, 0.2) is 24.5 Å². The average Bonchev–Trinajstić information content (AvgIpc) is 2.98. The number of aromatic nitrogens is 3. The Morgan fingerprint density at radius 1 is 1.25 bits per heavy atom. The Morgan fingerprint density at radius 3 is 2.75 bits per heavy atom. The van der Waals surface area contributed by atoms with E-state index in [1.807, 2.05) is 13.1 Å². The molecule has 0 bridgehead atoms. The second kappa shape index (κ2) is 5.37. The third-order valence-corrected chi connectivity index (χ3v) is 4.05. The maximum Gasteiger partial charge on any atom is 0.126 e. The number of nitrogens with zero attached hydrogens (tertiary/aromatic N) is 4. The van der Waals surface area contributed by atoms with Crippen LogP contribution in [0.2, 0.25) is 0 Å². The number of rotatable bonds is 3. The maximum atomic E-state index is 4.70. The van der Waals surface area contributed by atoms with Crippen molar-refractivity contribution in [1.29, 1.82) is 0 Å². The number of likely N-dealkylation sites (tertiary alicyclic amines) is 1. The van der Waals surface area contributed by atoms with Crippen LogP contribution >= 0.6 is 0 Å². The second-order valence-electron chi connectivity index (χ2n) is 5.79. The Bertz CT molecular complexity index is 585. The summed E-state index contributed by atoms with van der Waals surface area (Å²) in [6, 6.07) is 4.71. The second-order valence-corrected chi connectivity index (χ2v) is 5.79. The van der Waals surface area contributed by atoms with Crippen molar-refractivity contribution in [2.75, 3.05) is 6.54 Å². The first-order valence-corrected chi connectivity index (χ1v) is 7.29. The van der Waals surface area contributed by atoms with Crippen LogP contribution in [0.1, 0.15) is 41.7 Å². The van der Waals surface area contributed by atoms with E-state index in [0.29, 0.717) is 6.04 Å². The molecule has 0 aliphatic carbocycles. The molecular weight excluding hydrogens is 248 g/mol. The van der Waals surface area contributed by atoms with E-state index in [0.717, 1.165) is 24.5 Å². The van der Waals surface area contributed by atoms with Gasteiger partial charge in [-0.3, -0.25) is 9.88 Å². The molecule has 0 radical (unpaired) electrons. The molecule has 4 heteroatoms. The van der Waals surface area contributed by atoms with Crippen molar-refractivity contribution in [3.05, 3.63) is 47.3 Å². The Balaban J connectivity index is 1.79. The van der Waals surface area contributed by atoms with E-state index in [1.54, 1.807) is 0 Å². The molecule has 0 saturated carbocycles. The first-order chi connectivity index (χ1) is 9.63. The van der Waals surface area contributed by atoms with Crippen molar-refractivity contribution in [1.82, 2.24) is 19.4 Å². The summed E-state index contributed by atoms with van der Waals surface area (Å²) >= 11 is 0. The summed E-state index contributed by atoms with van der Waals surface area (Å²) in [5.41, 5.74) is 3.46. The van der Waals surface area contributed by atoms with Gasteiger partial charge in [0.05, 0.1) is 11.7 Å². The molecule has 0 N–H and O–H groups in total. The van der Waals surface area contributed by atoms with Gasteiger partial charge in [-0.25, -0.2) is 4.98 Å². The van der Waals surface area contributed by atoms with Gasteiger partial charge in [-0.05, 0) is 44.9 Å². The zero-order valence-corrected chi connectivity index (χ0v) is 12.5. The van der Waals surface area contributed by atoms with Crippen LogP contribution in [0.5, 0.6) is 0 Å². The summed E-state index contributed by atoms with van der Waals surface area (Å²) in [4.78, 5) is 11.6. The van der Waals surface area contributed by atoms with Crippen LogP contribution in [0.3, 0.4) is 0 Å². The van der Waals surface area contributed by atoms with Crippen LogP contribution < -0.4 is 0 Å². The molecule has 2 aromatic heterocycles. The molecule has 1 aliphatic rings. The minimum Gasteiger partial charge on any atom is -0.336 e. The zero-order chi connectivity index (χ0) is 14.1. The van der Waals surface area contributed by atoms with Gasteiger partial charge in [0.1, 0.15) is 5.82 Å². The average molecular weight is 270 g/mol. The summed E-state index contributed by atoms with van der Waals surface area (Å²) in [5.74, 6) is 1.19. The molecule has 20 heavy (non-hydrogen) atoms. The van der Waals surface area contributed by atoms with Gasteiger partial charge in [-0.2, -0.15) is 0 Å². The van der Waals surface area contributed by atoms with E-state index in [4.69, 9.17) is 4.98 Å². The van der Waals surface area contributed by atoms with Gasteiger partial charge in [0.2, 0.25) is 0 Å². The Hall–Kier alpha value is -1.68. The summed E-state index contributed by atoms with van der Waals surface area (Å²) in [6.07, 6.45) is 6.55. The lowest BCUT2D eigenvalue weighted by Gasteiger charge is -2.24. The Morgan fingerprint density at radius 2 is 2.10 bits per heavy atom.